The van der Waals surface area contributed by atoms with Crippen molar-refractivity contribution in [2.75, 3.05) is 11.1 Å². The summed E-state index contributed by atoms with van der Waals surface area (Å²) in [5.74, 6) is 2.11. The molecule has 0 saturated heterocycles. The van der Waals surface area contributed by atoms with Crippen LogP contribution in [0.4, 0.5) is 17.5 Å². The molecule has 4 aromatic rings. The largest absolute Gasteiger partial charge is 0.457 e. The molecule has 0 atom stereocenters. The predicted octanol–water partition coefficient (Wildman–Crippen LogP) is 5.31. The van der Waals surface area contributed by atoms with E-state index in [-0.39, 0.29) is 0 Å². The summed E-state index contributed by atoms with van der Waals surface area (Å²) in [7, 11) is 0. The monoisotopic (exact) mass is 389 g/mol. The van der Waals surface area contributed by atoms with Crippen LogP contribution in [0.3, 0.4) is 0 Å². The van der Waals surface area contributed by atoms with Crippen LogP contribution in [0.5, 0.6) is 11.5 Å². The van der Waals surface area contributed by atoms with Crippen molar-refractivity contribution in [2.45, 2.75) is 0 Å². The highest BCUT2D eigenvalue weighted by Crippen LogP contribution is 2.26. The molecule has 28 heavy (non-hydrogen) atoms. The lowest BCUT2D eigenvalue weighted by Crippen LogP contribution is -2.01. The van der Waals surface area contributed by atoms with Gasteiger partial charge in [0.05, 0.1) is 5.69 Å². The van der Waals surface area contributed by atoms with E-state index in [1.54, 1.807) is 24.4 Å². The molecule has 4 rings (SSSR count). The maximum atomic E-state index is 5.95. The second kappa shape index (κ2) is 7.94. The number of hydrogen-bond acceptors (Lipinski definition) is 6. The van der Waals surface area contributed by atoms with Gasteiger partial charge in [0.25, 0.3) is 0 Å². The third-order valence-electron chi connectivity index (χ3n) is 3.86. The number of pyridine rings is 1. The highest BCUT2D eigenvalue weighted by Gasteiger charge is 2.06. The fourth-order valence-corrected chi connectivity index (χ4v) is 2.76. The molecule has 3 N–H and O–H groups in total. The van der Waals surface area contributed by atoms with Gasteiger partial charge >= 0.3 is 0 Å². The molecule has 0 amide bonds. The first-order chi connectivity index (χ1) is 13.7. The van der Waals surface area contributed by atoms with Crippen molar-refractivity contribution in [1.29, 1.82) is 0 Å². The summed E-state index contributed by atoms with van der Waals surface area (Å²) >= 11 is 5.87. The number of ether oxygens (including phenoxy) is 1. The van der Waals surface area contributed by atoms with E-state index in [0.29, 0.717) is 28.4 Å². The second-order valence-corrected chi connectivity index (χ2v) is 6.32. The SMILES string of the molecule is Nc1cc(-c2ccccc2)nc(Nc2ccc(Oc3ccnc(Cl)c3)cc2)n1. The average molecular weight is 390 g/mol. The summed E-state index contributed by atoms with van der Waals surface area (Å²) in [6.45, 7) is 0. The summed E-state index contributed by atoms with van der Waals surface area (Å²) in [4.78, 5) is 12.7. The molecule has 2 aromatic heterocycles. The molecule has 0 aliphatic heterocycles. The summed E-state index contributed by atoms with van der Waals surface area (Å²) in [6, 6.07) is 22.4. The van der Waals surface area contributed by atoms with Crippen molar-refractivity contribution in [3.63, 3.8) is 0 Å². The van der Waals surface area contributed by atoms with E-state index < -0.39 is 0 Å². The number of rotatable bonds is 5. The molecular formula is C21H16ClN5O. The molecule has 0 spiro atoms. The summed E-state index contributed by atoms with van der Waals surface area (Å²) in [6.07, 6.45) is 1.59. The minimum atomic E-state index is 0.379. The van der Waals surface area contributed by atoms with E-state index in [0.717, 1.165) is 16.9 Å². The minimum absolute atomic E-state index is 0.379. The van der Waals surface area contributed by atoms with Gasteiger partial charge in [-0.3, -0.25) is 0 Å². The summed E-state index contributed by atoms with van der Waals surface area (Å²) < 4.78 is 5.76. The van der Waals surface area contributed by atoms with E-state index in [1.165, 1.54) is 0 Å². The van der Waals surface area contributed by atoms with Gasteiger partial charge < -0.3 is 15.8 Å². The standard InChI is InChI=1S/C21H16ClN5O/c22-19-12-17(10-11-24-19)28-16-8-6-15(7-9-16)25-21-26-18(13-20(23)27-21)14-4-2-1-3-5-14/h1-13H,(H3,23,25,26,27). The zero-order valence-electron chi connectivity index (χ0n) is 14.7. The van der Waals surface area contributed by atoms with E-state index in [1.807, 2.05) is 54.6 Å². The Morgan fingerprint density at radius 3 is 2.39 bits per heavy atom. The smallest absolute Gasteiger partial charge is 0.229 e. The number of halogens is 1. The van der Waals surface area contributed by atoms with Gasteiger partial charge in [0.1, 0.15) is 22.5 Å². The van der Waals surface area contributed by atoms with Gasteiger partial charge in [-0.25, -0.2) is 9.97 Å². The summed E-state index contributed by atoms with van der Waals surface area (Å²) in [5, 5.41) is 3.54. The first-order valence-electron chi connectivity index (χ1n) is 8.52. The number of nitrogens with one attached hydrogen (secondary N) is 1. The normalized spacial score (nSPS) is 10.5. The lowest BCUT2D eigenvalue weighted by atomic mass is 10.1. The fourth-order valence-electron chi connectivity index (χ4n) is 2.60. The number of aromatic nitrogens is 3. The minimum Gasteiger partial charge on any atom is -0.457 e. The van der Waals surface area contributed by atoms with Crippen LogP contribution in [0, 0.1) is 0 Å². The van der Waals surface area contributed by atoms with Crippen LogP contribution in [-0.4, -0.2) is 15.0 Å². The van der Waals surface area contributed by atoms with Gasteiger partial charge in [0, 0.05) is 29.6 Å². The highest BCUT2D eigenvalue weighted by molar-refractivity contribution is 6.29. The Labute approximate surface area is 167 Å². The first kappa shape index (κ1) is 17.8. The Balaban J connectivity index is 1.51. The van der Waals surface area contributed by atoms with Crippen molar-refractivity contribution < 1.29 is 4.74 Å². The zero-order chi connectivity index (χ0) is 19.3. The fraction of sp³-hybridized carbons (Fsp3) is 0. The number of nitrogens with two attached hydrogens (primary N) is 1. The van der Waals surface area contributed by atoms with Crippen molar-refractivity contribution >= 4 is 29.1 Å². The lowest BCUT2D eigenvalue weighted by molar-refractivity contribution is 0.482. The van der Waals surface area contributed by atoms with E-state index in [9.17, 15) is 0 Å². The predicted molar refractivity (Wildman–Crippen MR) is 111 cm³/mol. The van der Waals surface area contributed by atoms with Crippen LogP contribution in [0.15, 0.2) is 79.0 Å². The molecule has 138 valence electrons. The molecule has 0 saturated carbocycles. The number of hydrogen-bond donors (Lipinski definition) is 2. The molecule has 0 aliphatic carbocycles. The molecule has 0 bridgehead atoms. The third kappa shape index (κ3) is 4.36. The Bertz CT molecular complexity index is 1090. The second-order valence-electron chi connectivity index (χ2n) is 5.93. The van der Waals surface area contributed by atoms with Crippen molar-refractivity contribution in [2.24, 2.45) is 0 Å². The topological polar surface area (TPSA) is 86.0 Å². The Hall–Kier alpha value is -3.64. The first-order valence-corrected chi connectivity index (χ1v) is 8.90. The van der Waals surface area contributed by atoms with Gasteiger partial charge in [-0.05, 0) is 30.3 Å². The third-order valence-corrected chi connectivity index (χ3v) is 4.07. The summed E-state index contributed by atoms with van der Waals surface area (Å²) in [5.41, 5.74) is 8.48. The quantitative estimate of drug-likeness (QED) is 0.450. The highest BCUT2D eigenvalue weighted by atomic mass is 35.5. The molecule has 0 unspecified atom stereocenters. The molecular weight excluding hydrogens is 374 g/mol. The number of anilines is 3. The molecule has 0 radical (unpaired) electrons. The van der Waals surface area contributed by atoms with Crippen LogP contribution < -0.4 is 15.8 Å². The molecule has 2 aromatic carbocycles. The van der Waals surface area contributed by atoms with Crippen LogP contribution >= 0.6 is 11.6 Å². The average Bonchev–Trinajstić information content (AvgIpc) is 2.70. The molecule has 2 heterocycles. The maximum absolute atomic E-state index is 5.95. The Kier molecular flexibility index (Phi) is 5.03. The maximum Gasteiger partial charge on any atom is 0.229 e. The van der Waals surface area contributed by atoms with Gasteiger partial charge in [-0.15, -0.1) is 0 Å². The van der Waals surface area contributed by atoms with E-state index in [4.69, 9.17) is 22.1 Å². The van der Waals surface area contributed by atoms with Crippen LogP contribution in [0.25, 0.3) is 11.3 Å². The van der Waals surface area contributed by atoms with Crippen LogP contribution in [0.1, 0.15) is 0 Å². The van der Waals surface area contributed by atoms with E-state index in [2.05, 4.69) is 20.3 Å². The van der Waals surface area contributed by atoms with Gasteiger partial charge in [-0.2, -0.15) is 4.98 Å². The lowest BCUT2D eigenvalue weighted by Gasteiger charge is -2.10. The van der Waals surface area contributed by atoms with Crippen LogP contribution in [0.2, 0.25) is 5.15 Å². The Morgan fingerprint density at radius 1 is 0.857 bits per heavy atom. The number of nitrogens with zero attached hydrogens (tertiary/aromatic N) is 3. The van der Waals surface area contributed by atoms with Crippen molar-refractivity contribution in [3.8, 4) is 22.8 Å². The van der Waals surface area contributed by atoms with Gasteiger partial charge in [0.2, 0.25) is 5.95 Å². The molecule has 7 heteroatoms. The number of nitrogen functional groups attached to an aromatic ring is 1. The molecule has 0 fully saturated rings. The molecule has 6 nitrogen and oxygen atoms in total. The van der Waals surface area contributed by atoms with Gasteiger partial charge in [0.15, 0.2) is 0 Å². The van der Waals surface area contributed by atoms with Crippen LogP contribution in [-0.2, 0) is 0 Å². The van der Waals surface area contributed by atoms with Crippen molar-refractivity contribution in [3.05, 3.63) is 84.1 Å². The van der Waals surface area contributed by atoms with E-state index >= 15 is 0 Å². The molecule has 0 aliphatic rings. The Morgan fingerprint density at radius 2 is 1.64 bits per heavy atom. The number of benzene rings is 2. The van der Waals surface area contributed by atoms with Gasteiger partial charge in [-0.1, -0.05) is 41.9 Å². The zero-order valence-corrected chi connectivity index (χ0v) is 15.5. The van der Waals surface area contributed by atoms with Crippen molar-refractivity contribution in [1.82, 2.24) is 15.0 Å².